The highest BCUT2D eigenvalue weighted by atomic mass is 79.9. The first-order chi connectivity index (χ1) is 9.52. The standard InChI is InChI=1S/C17H28BrNO/c1-5-8-19-11-15-6-7-16(17(18)10-15)12-20-14(4)9-13(2)3/h6-7,10,13-14,19H,5,8-9,11-12H2,1-4H3. The summed E-state index contributed by atoms with van der Waals surface area (Å²) in [6, 6.07) is 6.53. The lowest BCUT2D eigenvalue weighted by Gasteiger charge is -2.16. The van der Waals surface area contributed by atoms with Gasteiger partial charge in [0, 0.05) is 11.0 Å². The van der Waals surface area contributed by atoms with E-state index in [1.807, 2.05) is 0 Å². The predicted octanol–water partition coefficient (Wildman–Crippen LogP) is 4.90. The van der Waals surface area contributed by atoms with E-state index in [4.69, 9.17) is 4.74 Å². The molecular formula is C17H28BrNO. The number of benzene rings is 1. The molecule has 0 aromatic heterocycles. The first kappa shape index (κ1) is 17.7. The zero-order chi connectivity index (χ0) is 15.0. The van der Waals surface area contributed by atoms with Crippen molar-refractivity contribution in [3.05, 3.63) is 33.8 Å². The molecule has 20 heavy (non-hydrogen) atoms. The molecule has 0 aliphatic rings. The van der Waals surface area contributed by atoms with Crippen LogP contribution in [0.4, 0.5) is 0 Å². The largest absolute Gasteiger partial charge is 0.374 e. The summed E-state index contributed by atoms with van der Waals surface area (Å²) in [4.78, 5) is 0. The molecule has 3 heteroatoms. The van der Waals surface area contributed by atoms with Gasteiger partial charge in [-0.15, -0.1) is 0 Å². The molecule has 1 aromatic rings. The first-order valence-electron chi connectivity index (χ1n) is 7.62. The molecule has 0 heterocycles. The minimum Gasteiger partial charge on any atom is -0.374 e. The Hall–Kier alpha value is -0.380. The van der Waals surface area contributed by atoms with Gasteiger partial charge >= 0.3 is 0 Å². The highest BCUT2D eigenvalue weighted by Gasteiger charge is 2.07. The van der Waals surface area contributed by atoms with Crippen LogP contribution in [0.2, 0.25) is 0 Å². The summed E-state index contributed by atoms with van der Waals surface area (Å²) in [5.41, 5.74) is 2.53. The van der Waals surface area contributed by atoms with E-state index in [2.05, 4.69) is 67.1 Å². The Labute approximate surface area is 132 Å². The summed E-state index contributed by atoms with van der Waals surface area (Å²) in [5, 5.41) is 3.42. The molecule has 0 spiro atoms. The monoisotopic (exact) mass is 341 g/mol. The van der Waals surface area contributed by atoms with Crippen LogP contribution in [0.1, 0.15) is 51.7 Å². The Morgan fingerprint density at radius 2 is 2.00 bits per heavy atom. The van der Waals surface area contributed by atoms with Crippen LogP contribution >= 0.6 is 15.9 Å². The third kappa shape index (κ3) is 6.87. The molecule has 1 atom stereocenters. The van der Waals surface area contributed by atoms with Gasteiger partial charge in [-0.1, -0.05) is 48.8 Å². The second-order valence-electron chi connectivity index (χ2n) is 5.85. The number of ether oxygens (including phenoxy) is 1. The van der Waals surface area contributed by atoms with Gasteiger partial charge in [0.2, 0.25) is 0 Å². The molecule has 2 nitrogen and oxygen atoms in total. The number of halogens is 1. The molecule has 0 amide bonds. The molecule has 0 radical (unpaired) electrons. The van der Waals surface area contributed by atoms with Crippen LogP contribution in [0.25, 0.3) is 0 Å². The summed E-state index contributed by atoms with van der Waals surface area (Å²) in [7, 11) is 0. The molecule has 1 N–H and O–H groups in total. The second kappa shape index (κ2) is 9.54. The molecule has 0 fully saturated rings. The fourth-order valence-corrected chi connectivity index (χ4v) is 2.73. The van der Waals surface area contributed by atoms with Crippen LogP contribution in [0.3, 0.4) is 0 Å². The van der Waals surface area contributed by atoms with Gasteiger partial charge in [0.05, 0.1) is 12.7 Å². The van der Waals surface area contributed by atoms with E-state index in [1.165, 1.54) is 17.5 Å². The van der Waals surface area contributed by atoms with Crippen LogP contribution in [0.5, 0.6) is 0 Å². The highest BCUT2D eigenvalue weighted by molar-refractivity contribution is 9.10. The number of rotatable bonds is 9. The van der Waals surface area contributed by atoms with Gasteiger partial charge in [-0.25, -0.2) is 0 Å². The topological polar surface area (TPSA) is 21.3 Å². The van der Waals surface area contributed by atoms with Crippen molar-refractivity contribution in [3.63, 3.8) is 0 Å². The van der Waals surface area contributed by atoms with Crippen molar-refractivity contribution in [2.24, 2.45) is 5.92 Å². The Morgan fingerprint density at radius 3 is 2.60 bits per heavy atom. The second-order valence-corrected chi connectivity index (χ2v) is 6.71. The average molecular weight is 342 g/mol. The Balaban J connectivity index is 2.47. The summed E-state index contributed by atoms with van der Waals surface area (Å²) in [6.45, 7) is 11.5. The number of hydrogen-bond donors (Lipinski definition) is 1. The first-order valence-corrected chi connectivity index (χ1v) is 8.41. The molecule has 0 aliphatic carbocycles. The molecule has 114 valence electrons. The van der Waals surface area contributed by atoms with Gasteiger partial charge in [-0.3, -0.25) is 0 Å². The normalized spacial score (nSPS) is 12.9. The lowest BCUT2D eigenvalue weighted by atomic mass is 10.1. The van der Waals surface area contributed by atoms with E-state index in [9.17, 15) is 0 Å². The zero-order valence-electron chi connectivity index (χ0n) is 13.2. The fraction of sp³-hybridized carbons (Fsp3) is 0.647. The third-order valence-corrected chi connectivity index (χ3v) is 3.94. The summed E-state index contributed by atoms with van der Waals surface area (Å²) < 4.78 is 7.06. The molecule has 1 aromatic carbocycles. The van der Waals surface area contributed by atoms with Gasteiger partial charge in [-0.05, 0) is 49.4 Å². The van der Waals surface area contributed by atoms with E-state index >= 15 is 0 Å². The van der Waals surface area contributed by atoms with E-state index in [0.717, 1.165) is 24.0 Å². The van der Waals surface area contributed by atoms with Crippen molar-refractivity contribution in [2.45, 2.75) is 59.8 Å². The van der Waals surface area contributed by atoms with E-state index in [-0.39, 0.29) is 0 Å². The molecule has 1 rings (SSSR count). The maximum absolute atomic E-state index is 5.91. The van der Waals surface area contributed by atoms with E-state index < -0.39 is 0 Å². The van der Waals surface area contributed by atoms with Crippen molar-refractivity contribution in [1.82, 2.24) is 5.32 Å². The molecule has 0 aliphatic heterocycles. The minimum atomic E-state index is 0.313. The van der Waals surface area contributed by atoms with Crippen molar-refractivity contribution in [3.8, 4) is 0 Å². The van der Waals surface area contributed by atoms with Crippen molar-refractivity contribution in [1.29, 1.82) is 0 Å². The molecular weight excluding hydrogens is 314 g/mol. The van der Waals surface area contributed by atoms with Gasteiger partial charge < -0.3 is 10.1 Å². The van der Waals surface area contributed by atoms with E-state index in [0.29, 0.717) is 18.6 Å². The Morgan fingerprint density at radius 1 is 1.25 bits per heavy atom. The van der Waals surface area contributed by atoms with Crippen LogP contribution in [0.15, 0.2) is 22.7 Å². The average Bonchev–Trinajstić information content (AvgIpc) is 2.37. The van der Waals surface area contributed by atoms with Crippen molar-refractivity contribution in [2.75, 3.05) is 6.54 Å². The summed E-state index contributed by atoms with van der Waals surface area (Å²) in [6.07, 6.45) is 2.59. The molecule has 0 saturated heterocycles. The Bertz CT molecular complexity index is 393. The van der Waals surface area contributed by atoms with Gasteiger partial charge in [0.1, 0.15) is 0 Å². The minimum absolute atomic E-state index is 0.313. The van der Waals surface area contributed by atoms with Crippen molar-refractivity contribution < 1.29 is 4.74 Å². The predicted molar refractivity (Wildman–Crippen MR) is 89.8 cm³/mol. The lowest BCUT2D eigenvalue weighted by Crippen LogP contribution is -2.14. The summed E-state index contributed by atoms with van der Waals surface area (Å²) in [5.74, 6) is 0.681. The van der Waals surface area contributed by atoms with Crippen LogP contribution in [-0.2, 0) is 17.9 Å². The maximum Gasteiger partial charge on any atom is 0.0731 e. The molecule has 0 bridgehead atoms. The van der Waals surface area contributed by atoms with E-state index in [1.54, 1.807) is 0 Å². The number of nitrogens with one attached hydrogen (secondary N) is 1. The maximum atomic E-state index is 5.91. The van der Waals surface area contributed by atoms with Crippen LogP contribution in [-0.4, -0.2) is 12.6 Å². The van der Waals surface area contributed by atoms with Gasteiger partial charge in [0.15, 0.2) is 0 Å². The molecule has 1 unspecified atom stereocenters. The van der Waals surface area contributed by atoms with Gasteiger partial charge in [0.25, 0.3) is 0 Å². The smallest absolute Gasteiger partial charge is 0.0731 e. The quantitative estimate of drug-likeness (QED) is 0.645. The SMILES string of the molecule is CCCNCc1ccc(COC(C)CC(C)C)c(Br)c1. The third-order valence-electron chi connectivity index (χ3n) is 3.20. The lowest BCUT2D eigenvalue weighted by molar-refractivity contribution is 0.0394. The van der Waals surface area contributed by atoms with Crippen LogP contribution in [0, 0.1) is 5.92 Å². The fourth-order valence-electron chi connectivity index (χ4n) is 2.19. The van der Waals surface area contributed by atoms with Crippen LogP contribution < -0.4 is 5.32 Å². The Kier molecular flexibility index (Phi) is 8.43. The number of hydrogen-bond acceptors (Lipinski definition) is 2. The molecule has 0 saturated carbocycles. The summed E-state index contributed by atoms with van der Waals surface area (Å²) >= 11 is 3.65. The van der Waals surface area contributed by atoms with Crippen molar-refractivity contribution >= 4 is 15.9 Å². The zero-order valence-corrected chi connectivity index (χ0v) is 14.8. The highest BCUT2D eigenvalue weighted by Crippen LogP contribution is 2.21. The van der Waals surface area contributed by atoms with Gasteiger partial charge in [-0.2, -0.15) is 0 Å².